The van der Waals surface area contributed by atoms with E-state index in [0.29, 0.717) is 5.25 Å². The van der Waals surface area contributed by atoms with Gasteiger partial charge in [-0.2, -0.15) is 11.8 Å². The lowest BCUT2D eigenvalue weighted by Gasteiger charge is -2.54. The molecule has 2 aliphatic rings. The van der Waals surface area contributed by atoms with E-state index in [1.807, 2.05) is 0 Å². The van der Waals surface area contributed by atoms with Crippen LogP contribution in [0.4, 0.5) is 0 Å². The van der Waals surface area contributed by atoms with Crippen LogP contribution >= 0.6 is 11.8 Å². The maximum atomic E-state index is 6.21. The molecule has 4 atom stereocenters. The van der Waals surface area contributed by atoms with Gasteiger partial charge >= 0.3 is 0 Å². The predicted molar refractivity (Wildman–Crippen MR) is 77.5 cm³/mol. The summed E-state index contributed by atoms with van der Waals surface area (Å²) in [6.07, 6.45) is 5.37. The Labute approximate surface area is 111 Å². The van der Waals surface area contributed by atoms with Crippen molar-refractivity contribution in [1.82, 2.24) is 4.90 Å². The van der Waals surface area contributed by atoms with Crippen molar-refractivity contribution >= 4 is 11.8 Å². The van der Waals surface area contributed by atoms with Crippen molar-refractivity contribution in [2.45, 2.75) is 63.3 Å². The minimum Gasteiger partial charge on any atom is -0.329 e. The largest absolute Gasteiger partial charge is 0.329 e. The fourth-order valence-electron chi connectivity index (χ4n) is 3.67. The van der Waals surface area contributed by atoms with Gasteiger partial charge in [0.1, 0.15) is 0 Å². The van der Waals surface area contributed by atoms with Crippen molar-refractivity contribution in [1.29, 1.82) is 0 Å². The van der Waals surface area contributed by atoms with Gasteiger partial charge in [-0.15, -0.1) is 0 Å². The molecule has 0 aromatic heterocycles. The number of hydrogen-bond donors (Lipinski definition) is 1. The van der Waals surface area contributed by atoms with E-state index in [1.54, 1.807) is 0 Å². The van der Waals surface area contributed by atoms with Crippen molar-refractivity contribution in [3.8, 4) is 0 Å². The van der Waals surface area contributed by atoms with E-state index in [4.69, 9.17) is 5.73 Å². The first kappa shape index (κ1) is 13.7. The highest BCUT2D eigenvalue weighted by Gasteiger charge is 2.45. The SMILES string of the molecule is CC1CCC(C)N(C2(CN)CCCSC2C)C1. The third-order valence-corrected chi connectivity index (χ3v) is 6.38. The molecule has 0 amide bonds. The third kappa shape index (κ3) is 2.52. The minimum absolute atomic E-state index is 0.275. The number of nitrogens with zero attached hydrogens (tertiary/aromatic N) is 1. The Morgan fingerprint density at radius 2 is 2.06 bits per heavy atom. The molecule has 2 N–H and O–H groups in total. The number of piperidine rings is 1. The van der Waals surface area contributed by atoms with Crippen molar-refractivity contribution in [3.63, 3.8) is 0 Å². The Morgan fingerprint density at radius 3 is 2.71 bits per heavy atom. The Balaban J connectivity index is 2.20. The average Bonchev–Trinajstić information content (AvgIpc) is 2.33. The first-order valence-electron chi connectivity index (χ1n) is 7.18. The third-order valence-electron chi connectivity index (χ3n) is 4.92. The van der Waals surface area contributed by atoms with Gasteiger partial charge in [0, 0.05) is 29.9 Å². The number of rotatable bonds is 2. The molecule has 2 fully saturated rings. The zero-order chi connectivity index (χ0) is 12.5. The second kappa shape index (κ2) is 5.50. The maximum absolute atomic E-state index is 6.21. The van der Waals surface area contributed by atoms with E-state index in [1.165, 1.54) is 38.0 Å². The molecule has 3 heteroatoms. The molecule has 0 spiro atoms. The Kier molecular flexibility index (Phi) is 4.43. The van der Waals surface area contributed by atoms with Crippen LogP contribution in [0, 0.1) is 5.92 Å². The number of thioether (sulfide) groups is 1. The van der Waals surface area contributed by atoms with Crippen LogP contribution < -0.4 is 5.73 Å². The molecule has 0 bridgehead atoms. The lowest BCUT2D eigenvalue weighted by molar-refractivity contribution is 0.00332. The van der Waals surface area contributed by atoms with Crippen LogP contribution in [0.25, 0.3) is 0 Å². The predicted octanol–water partition coefficient (Wildman–Crippen LogP) is 2.72. The summed E-state index contributed by atoms with van der Waals surface area (Å²) in [5, 5.41) is 0.689. The Morgan fingerprint density at radius 1 is 1.29 bits per heavy atom. The van der Waals surface area contributed by atoms with Crippen LogP contribution in [0.2, 0.25) is 0 Å². The summed E-state index contributed by atoms with van der Waals surface area (Å²) in [7, 11) is 0. The van der Waals surface area contributed by atoms with Crippen LogP contribution in [-0.2, 0) is 0 Å². The smallest absolute Gasteiger partial charge is 0.0450 e. The lowest BCUT2D eigenvalue weighted by Crippen LogP contribution is -2.65. The van der Waals surface area contributed by atoms with E-state index in [9.17, 15) is 0 Å². The van der Waals surface area contributed by atoms with Gasteiger partial charge in [-0.1, -0.05) is 13.8 Å². The van der Waals surface area contributed by atoms with Gasteiger partial charge in [-0.3, -0.25) is 4.90 Å². The van der Waals surface area contributed by atoms with E-state index in [0.717, 1.165) is 18.5 Å². The molecular formula is C14H28N2S. The fraction of sp³-hybridized carbons (Fsp3) is 1.00. The molecular weight excluding hydrogens is 228 g/mol. The number of nitrogens with two attached hydrogens (primary N) is 1. The molecule has 0 aromatic carbocycles. The summed E-state index contributed by atoms with van der Waals surface area (Å²) in [4.78, 5) is 2.76. The number of hydrogen-bond acceptors (Lipinski definition) is 3. The summed E-state index contributed by atoms with van der Waals surface area (Å²) in [5.41, 5.74) is 6.49. The standard InChI is InChI=1S/C14H28N2S/c1-11-5-6-12(2)16(9-11)14(10-15)7-4-8-17-13(14)3/h11-13H,4-10,15H2,1-3H3. The first-order valence-corrected chi connectivity index (χ1v) is 8.23. The van der Waals surface area contributed by atoms with Crippen molar-refractivity contribution in [3.05, 3.63) is 0 Å². The summed E-state index contributed by atoms with van der Waals surface area (Å²) >= 11 is 2.12. The highest BCUT2D eigenvalue weighted by atomic mass is 32.2. The topological polar surface area (TPSA) is 29.3 Å². The van der Waals surface area contributed by atoms with Gasteiger partial charge in [0.05, 0.1) is 0 Å². The quantitative estimate of drug-likeness (QED) is 0.824. The molecule has 100 valence electrons. The zero-order valence-corrected chi connectivity index (χ0v) is 12.4. The molecule has 2 heterocycles. The van der Waals surface area contributed by atoms with Gasteiger partial charge < -0.3 is 5.73 Å². The molecule has 0 radical (unpaired) electrons. The van der Waals surface area contributed by atoms with Gasteiger partial charge in [0.15, 0.2) is 0 Å². The molecule has 0 aliphatic carbocycles. The van der Waals surface area contributed by atoms with E-state index < -0.39 is 0 Å². The molecule has 2 aliphatic heterocycles. The Hall–Kier alpha value is 0.270. The minimum atomic E-state index is 0.275. The summed E-state index contributed by atoms with van der Waals surface area (Å²) < 4.78 is 0. The van der Waals surface area contributed by atoms with Gasteiger partial charge in [0.25, 0.3) is 0 Å². The van der Waals surface area contributed by atoms with Crippen molar-refractivity contribution in [2.24, 2.45) is 11.7 Å². The zero-order valence-electron chi connectivity index (χ0n) is 11.6. The summed E-state index contributed by atoms with van der Waals surface area (Å²) in [6.45, 7) is 9.27. The van der Waals surface area contributed by atoms with E-state index in [2.05, 4.69) is 37.4 Å². The molecule has 17 heavy (non-hydrogen) atoms. The maximum Gasteiger partial charge on any atom is 0.0450 e. The normalized spacial score (nSPS) is 44.8. The van der Waals surface area contributed by atoms with E-state index >= 15 is 0 Å². The Bertz CT molecular complexity index is 259. The van der Waals surface area contributed by atoms with Gasteiger partial charge in [-0.25, -0.2) is 0 Å². The number of likely N-dealkylation sites (tertiary alicyclic amines) is 1. The highest BCUT2D eigenvalue weighted by molar-refractivity contribution is 8.00. The monoisotopic (exact) mass is 256 g/mol. The van der Waals surface area contributed by atoms with Crippen molar-refractivity contribution in [2.75, 3.05) is 18.8 Å². The second-order valence-electron chi connectivity index (χ2n) is 6.11. The fourth-order valence-corrected chi connectivity index (χ4v) is 4.99. The van der Waals surface area contributed by atoms with Gasteiger partial charge in [0.2, 0.25) is 0 Å². The first-order chi connectivity index (χ1) is 8.10. The van der Waals surface area contributed by atoms with Gasteiger partial charge in [-0.05, 0) is 44.3 Å². The van der Waals surface area contributed by atoms with Crippen LogP contribution in [0.3, 0.4) is 0 Å². The summed E-state index contributed by atoms with van der Waals surface area (Å²) in [6, 6.07) is 0.718. The molecule has 0 aromatic rings. The molecule has 4 unspecified atom stereocenters. The van der Waals surface area contributed by atoms with Crippen LogP contribution in [0.1, 0.15) is 46.5 Å². The molecule has 0 saturated carbocycles. The van der Waals surface area contributed by atoms with Crippen LogP contribution in [0.5, 0.6) is 0 Å². The summed E-state index contributed by atoms with van der Waals surface area (Å²) in [5.74, 6) is 2.16. The highest BCUT2D eigenvalue weighted by Crippen LogP contribution is 2.41. The average molecular weight is 256 g/mol. The van der Waals surface area contributed by atoms with E-state index in [-0.39, 0.29) is 5.54 Å². The molecule has 2 saturated heterocycles. The van der Waals surface area contributed by atoms with Crippen LogP contribution in [-0.4, -0.2) is 40.6 Å². The second-order valence-corrected chi connectivity index (χ2v) is 7.56. The van der Waals surface area contributed by atoms with Crippen molar-refractivity contribution < 1.29 is 0 Å². The molecule has 2 nitrogen and oxygen atoms in total. The molecule has 2 rings (SSSR count). The van der Waals surface area contributed by atoms with Crippen LogP contribution in [0.15, 0.2) is 0 Å². The lowest BCUT2D eigenvalue weighted by atomic mass is 9.82.